The van der Waals surface area contributed by atoms with Gasteiger partial charge in [0.25, 0.3) is 0 Å². The lowest BCUT2D eigenvalue weighted by molar-refractivity contribution is 0.175. The average molecular weight is 286 g/mol. The van der Waals surface area contributed by atoms with Gasteiger partial charge in [-0.05, 0) is 38.4 Å². The molecule has 5 heteroatoms. The molecule has 0 bridgehead atoms. The minimum Gasteiger partial charge on any atom is -0.388 e. The van der Waals surface area contributed by atoms with Gasteiger partial charge in [-0.25, -0.2) is 4.98 Å². The van der Waals surface area contributed by atoms with E-state index in [9.17, 15) is 0 Å². The highest BCUT2D eigenvalue weighted by atomic mass is 16.3. The van der Waals surface area contributed by atoms with Gasteiger partial charge in [0, 0.05) is 11.6 Å². The van der Waals surface area contributed by atoms with Crippen LogP contribution in [0.4, 0.5) is 0 Å². The van der Waals surface area contributed by atoms with E-state index < -0.39 is 0 Å². The second kappa shape index (κ2) is 6.37. The maximum atomic E-state index is 9.02. The second-order valence-corrected chi connectivity index (χ2v) is 5.66. The molecule has 0 unspecified atom stereocenters. The van der Waals surface area contributed by atoms with Crippen molar-refractivity contribution in [2.24, 2.45) is 0 Å². The molecule has 1 atom stereocenters. The predicted molar refractivity (Wildman–Crippen MR) is 81.6 cm³/mol. The van der Waals surface area contributed by atoms with Gasteiger partial charge in [-0.1, -0.05) is 30.7 Å². The van der Waals surface area contributed by atoms with E-state index in [0.717, 1.165) is 5.56 Å². The molecule has 2 N–H and O–H groups in total. The molecular formula is C16H22N4O. The fourth-order valence-corrected chi connectivity index (χ4v) is 2.92. The first-order valence-corrected chi connectivity index (χ1v) is 7.64. The Morgan fingerprint density at radius 3 is 2.52 bits per heavy atom. The lowest BCUT2D eigenvalue weighted by atomic mass is 10.0. The molecule has 0 amide bonds. The smallest absolute Gasteiger partial charge is 0.181 e. The number of rotatable bonds is 4. The quantitative estimate of drug-likeness (QED) is 0.906. The third-order valence-corrected chi connectivity index (χ3v) is 4.27. The van der Waals surface area contributed by atoms with Crippen molar-refractivity contribution < 1.29 is 5.11 Å². The molecule has 1 fully saturated rings. The van der Waals surface area contributed by atoms with Gasteiger partial charge >= 0.3 is 0 Å². The van der Waals surface area contributed by atoms with Gasteiger partial charge in [0.15, 0.2) is 11.6 Å². The molecule has 1 aromatic heterocycles. The van der Waals surface area contributed by atoms with E-state index >= 15 is 0 Å². The Bertz CT molecular complexity index is 572. The number of aliphatic hydroxyl groups is 1. The van der Waals surface area contributed by atoms with Crippen molar-refractivity contribution in [3.05, 3.63) is 35.7 Å². The van der Waals surface area contributed by atoms with E-state index in [0.29, 0.717) is 17.7 Å². The van der Waals surface area contributed by atoms with Crippen LogP contribution in [-0.2, 0) is 6.61 Å². The van der Waals surface area contributed by atoms with Gasteiger partial charge in [-0.2, -0.15) is 5.10 Å². The minimum absolute atomic E-state index is 0.114. The summed E-state index contributed by atoms with van der Waals surface area (Å²) in [5.41, 5.74) is 2.30. The van der Waals surface area contributed by atoms with Gasteiger partial charge in [0.1, 0.15) is 6.61 Å². The number of hydrogen-bond acceptors (Lipinski definition) is 4. The molecule has 21 heavy (non-hydrogen) atoms. The van der Waals surface area contributed by atoms with Gasteiger partial charge in [0.05, 0.1) is 0 Å². The summed E-state index contributed by atoms with van der Waals surface area (Å²) in [5, 5.41) is 15.9. The number of benzene rings is 1. The van der Waals surface area contributed by atoms with Gasteiger partial charge in [0.2, 0.25) is 0 Å². The van der Waals surface area contributed by atoms with Gasteiger partial charge in [-0.3, -0.25) is 10.00 Å². The Morgan fingerprint density at radius 2 is 1.90 bits per heavy atom. The number of H-pyrrole nitrogens is 1. The van der Waals surface area contributed by atoms with Crippen LogP contribution in [0.3, 0.4) is 0 Å². The molecule has 112 valence electrons. The highest BCUT2D eigenvalue weighted by Gasteiger charge is 2.18. The van der Waals surface area contributed by atoms with Crippen LogP contribution in [0.2, 0.25) is 0 Å². The molecule has 0 spiro atoms. The standard InChI is InChI=1S/C16H22N4O/c1-12(20-9-3-2-4-10-20)13-5-7-14(8-6-13)16-17-15(11-21)18-19-16/h5-8,12,21H,2-4,9-11H2,1H3,(H,17,18,19)/t12-/m1/s1. The monoisotopic (exact) mass is 286 g/mol. The Hall–Kier alpha value is -1.72. The van der Waals surface area contributed by atoms with E-state index in [1.54, 1.807) is 0 Å². The molecule has 2 heterocycles. The summed E-state index contributed by atoms with van der Waals surface area (Å²) in [6, 6.07) is 8.88. The molecule has 1 aliphatic heterocycles. The number of hydrogen-bond donors (Lipinski definition) is 2. The summed E-state index contributed by atoms with van der Waals surface area (Å²) in [7, 11) is 0. The largest absolute Gasteiger partial charge is 0.388 e. The van der Waals surface area contributed by atoms with Crippen LogP contribution in [0, 0.1) is 0 Å². The van der Waals surface area contributed by atoms with Crippen molar-refractivity contribution in [1.29, 1.82) is 0 Å². The first-order chi connectivity index (χ1) is 10.3. The summed E-state index contributed by atoms with van der Waals surface area (Å²) in [6.07, 6.45) is 3.98. The Kier molecular flexibility index (Phi) is 4.31. The fourth-order valence-electron chi connectivity index (χ4n) is 2.92. The number of piperidine rings is 1. The van der Waals surface area contributed by atoms with Crippen molar-refractivity contribution in [3.8, 4) is 11.4 Å². The van der Waals surface area contributed by atoms with Crippen LogP contribution in [0.15, 0.2) is 24.3 Å². The highest BCUT2D eigenvalue weighted by molar-refractivity contribution is 5.55. The molecule has 1 aromatic carbocycles. The molecule has 1 saturated heterocycles. The lowest BCUT2D eigenvalue weighted by Crippen LogP contribution is -2.32. The number of nitrogens with zero attached hydrogens (tertiary/aromatic N) is 3. The number of likely N-dealkylation sites (tertiary alicyclic amines) is 1. The third kappa shape index (κ3) is 3.14. The van der Waals surface area contributed by atoms with Crippen LogP contribution >= 0.6 is 0 Å². The summed E-state index contributed by atoms with van der Waals surface area (Å²) in [6.45, 7) is 4.56. The highest BCUT2D eigenvalue weighted by Crippen LogP contribution is 2.25. The van der Waals surface area contributed by atoms with E-state index in [1.807, 2.05) is 0 Å². The SMILES string of the molecule is C[C@H](c1ccc(-c2n[nH]c(CO)n2)cc1)N1CCCCC1. The predicted octanol–water partition coefficient (Wildman–Crippen LogP) is 2.51. The number of aliphatic hydroxyl groups excluding tert-OH is 1. The van der Waals surface area contributed by atoms with E-state index in [-0.39, 0.29) is 6.61 Å². The molecule has 0 saturated carbocycles. The van der Waals surface area contributed by atoms with Crippen LogP contribution in [-0.4, -0.2) is 38.3 Å². The van der Waals surface area contributed by atoms with Gasteiger partial charge in [-0.15, -0.1) is 0 Å². The zero-order chi connectivity index (χ0) is 14.7. The molecule has 1 aliphatic rings. The second-order valence-electron chi connectivity index (χ2n) is 5.66. The average Bonchev–Trinajstić information content (AvgIpc) is 3.04. The maximum Gasteiger partial charge on any atom is 0.181 e. The molecule has 0 radical (unpaired) electrons. The molecule has 2 aromatic rings. The first-order valence-electron chi connectivity index (χ1n) is 7.64. The van der Waals surface area contributed by atoms with Crippen LogP contribution in [0.5, 0.6) is 0 Å². The number of nitrogens with one attached hydrogen (secondary N) is 1. The van der Waals surface area contributed by atoms with Crippen LogP contribution in [0.25, 0.3) is 11.4 Å². The summed E-state index contributed by atoms with van der Waals surface area (Å²) in [4.78, 5) is 6.79. The van der Waals surface area contributed by atoms with E-state index in [4.69, 9.17) is 5.11 Å². The lowest BCUT2D eigenvalue weighted by Gasteiger charge is -2.32. The molecular weight excluding hydrogens is 264 g/mol. The topological polar surface area (TPSA) is 65.0 Å². The zero-order valence-electron chi connectivity index (χ0n) is 12.4. The van der Waals surface area contributed by atoms with Crippen molar-refractivity contribution in [2.75, 3.05) is 13.1 Å². The van der Waals surface area contributed by atoms with Crippen LogP contribution in [0.1, 0.15) is 43.6 Å². The zero-order valence-corrected chi connectivity index (χ0v) is 12.4. The summed E-state index contributed by atoms with van der Waals surface area (Å²) < 4.78 is 0. The van der Waals surface area contributed by atoms with Crippen LogP contribution < -0.4 is 0 Å². The number of aromatic amines is 1. The summed E-state index contributed by atoms with van der Waals surface area (Å²) >= 11 is 0. The first kappa shape index (κ1) is 14.2. The van der Waals surface area contributed by atoms with Crippen molar-refractivity contribution in [1.82, 2.24) is 20.1 Å². The van der Waals surface area contributed by atoms with E-state index in [2.05, 4.69) is 51.3 Å². The molecule has 5 nitrogen and oxygen atoms in total. The molecule has 3 rings (SSSR count). The normalized spacial score (nSPS) is 17.8. The fraction of sp³-hybridized carbons (Fsp3) is 0.500. The van der Waals surface area contributed by atoms with Crippen molar-refractivity contribution in [3.63, 3.8) is 0 Å². The van der Waals surface area contributed by atoms with Crippen molar-refractivity contribution in [2.45, 2.75) is 38.8 Å². The Balaban J connectivity index is 1.73. The Morgan fingerprint density at radius 1 is 1.19 bits per heavy atom. The summed E-state index contributed by atoms with van der Waals surface area (Å²) in [5.74, 6) is 1.13. The van der Waals surface area contributed by atoms with E-state index in [1.165, 1.54) is 37.9 Å². The number of aromatic nitrogens is 3. The van der Waals surface area contributed by atoms with Gasteiger partial charge < -0.3 is 5.11 Å². The van der Waals surface area contributed by atoms with Crippen molar-refractivity contribution >= 4 is 0 Å². The minimum atomic E-state index is -0.114. The molecule has 0 aliphatic carbocycles. The third-order valence-electron chi connectivity index (χ3n) is 4.27. The Labute approximate surface area is 125 Å². The maximum absolute atomic E-state index is 9.02.